The molecule has 0 aliphatic rings. The van der Waals surface area contributed by atoms with Crippen LogP contribution in [0, 0.1) is 18.3 Å². The van der Waals surface area contributed by atoms with E-state index in [2.05, 4.69) is 21.1 Å². The zero-order chi connectivity index (χ0) is 18.1. The molecule has 0 bridgehead atoms. The molecule has 2 aromatic heterocycles. The van der Waals surface area contributed by atoms with Crippen LogP contribution in [-0.4, -0.2) is 25.3 Å². The molecule has 0 unspecified atom stereocenters. The number of thioether (sulfide) groups is 1. The summed E-state index contributed by atoms with van der Waals surface area (Å²) in [5, 5.41) is 14.8. The number of fused-ring (bicyclic) bond motifs is 3. The van der Waals surface area contributed by atoms with Gasteiger partial charge in [0.25, 0.3) is 5.56 Å². The van der Waals surface area contributed by atoms with Gasteiger partial charge < -0.3 is 0 Å². The van der Waals surface area contributed by atoms with Crippen LogP contribution in [0.2, 0.25) is 0 Å². The average Bonchev–Trinajstić information content (AvgIpc) is 2.67. The van der Waals surface area contributed by atoms with Crippen LogP contribution in [0.15, 0.2) is 58.5 Å². The average molecular weight is 359 g/mol. The lowest BCUT2D eigenvalue weighted by Gasteiger charge is -2.11. The second kappa shape index (κ2) is 6.58. The number of aryl methyl sites for hydroxylation is 1. The first-order chi connectivity index (χ1) is 12.7. The molecule has 4 aromatic rings. The lowest BCUT2D eigenvalue weighted by atomic mass is 10.1. The molecular weight excluding hydrogens is 346 g/mol. The first-order valence-corrected chi connectivity index (χ1v) is 8.93. The van der Waals surface area contributed by atoms with Crippen molar-refractivity contribution in [3.8, 4) is 17.3 Å². The predicted octanol–water partition coefficient (Wildman–Crippen LogP) is 3.23. The van der Waals surface area contributed by atoms with Crippen LogP contribution in [0.4, 0.5) is 0 Å². The van der Waals surface area contributed by atoms with Gasteiger partial charge in [0.05, 0.1) is 17.3 Å². The van der Waals surface area contributed by atoms with Crippen molar-refractivity contribution < 1.29 is 0 Å². The fourth-order valence-electron chi connectivity index (χ4n) is 2.79. The maximum absolute atomic E-state index is 12.6. The van der Waals surface area contributed by atoms with E-state index in [4.69, 9.17) is 5.26 Å². The minimum absolute atomic E-state index is 0.230. The maximum Gasteiger partial charge on any atom is 0.300 e. The van der Waals surface area contributed by atoms with Crippen molar-refractivity contribution in [3.63, 3.8) is 0 Å². The van der Waals surface area contributed by atoms with Crippen LogP contribution < -0.4 is 5.56 Å². The molecule has 0 spiro atoms. The fraction of sp³-hybridized carbons (Fsp3) is 0.105. The zero-order valence-corrected chi connectivity index (χ0v) is 14.7. The van der Waals surface area contributed by atoms with E-state index in [1.165, 1.54) is 11.8 Å². The number of aromatic nitrogens is 4. The summed E-state index contributed by atoms with van der Waals surface area (Å²) in [5.41, 5.74) is 2.75. The quantitative estimate of drug-likeness (QED) is 0.317. The summed E-state index contributed by atoms with van der Waals surface area (Å²) in [7, 11) is 0. The van der Waals surface area contributed by atoms with Gasteiger partial charge in [-0.3, -0.25) is 4.79 Å². The number of benzene rings is 2. The number of hydrogen-bond donors (Lipinski definition) is 0. The Kier molecular flexibility index (Phi) is 4.11. The van der Waals surface area contributed by atoms with Crippen LogP contribution in [0.1, 0.15) is 5.56 Å². The van der Waals surface area contributed by atoms with Crippen LogP contribution in [-0.2, 0) is 0 Å². The van der Waals surface area contributed by atoms with Crippen molar-refractivity contribution >= 4 is 28.3 Å². The number of hydrogen-bond acceptors (Lipinski definition) is 6. The van der Waals surface area contributed by atoms with Gasteiger partial charge in [-0.2, -0.15) is 19.9 Å². The minimum Gasteiger partial charge on any atom is -0.265 e. The van der Waals surface area contributed by atoms with Crippen LogP contribution in [0.5, 0.6) is 0 Å². The van der Waals surface area contributed by atoms with E-state index in [9.17, 15) is 4.79 Å². The summed E-state index contributed by atoms with van der Waals surface area (Å²) in [6.45, 7) is 1.95. The van der Waals surface area contributed by atoms with Gasteiger partial charge in [-0.05, 0) is 18.6 Å². The third kappa shape index (κ3) is 2.70. The smallest absolute Gasteiger partial charge is 0.265 e. The molecule has 2 aromatic carbocycles. The Morgan fingerprint density at radius 2 is 1.92 bits per heavy atom. The summed E-state index contributed by atoms with van der Waals surface area (Å²) in [6, 6.07) is 17.0. The highest BCUT2D eigenvalue weighted by atomic mass is 32.2. The topological polar surface area (TPSA) is 83.9 Å². The van der Waals surface area contributed by atoms with E-state index in [1.54, 1.807) is 4.52 Å². The van der Waals surface area contributed by atoms with E-state index in [-0.39, 0.29) is 17.0 Å². The third-order valence-corrected chi connectivity index (χ3v) is 4.79. The van der Waals surface area contributed by atoms with Crippen LogP contribution in [0.3, 0.4) is 0 Å². The highest BCUT2D eigenvalue weighted by Crippen LogP contribution is 2.25. The lowest BCUT2D eigenvalue weighted by molar-refractivity contribution is 0.770. The molecule has 26 heavy (non-hydrogen) atoms. The molecule has 0 amide bonds. The molecule has 126 valence electrons. The third-order valence-electron chi connectivity index (χ3n) is 3.99. The predicted molar refractivity (Wildman–Crippen MR) is 101 cm³/mol. The van der Waals surface area contributed by atoms with E-state index in [0.29, 0.717) is 16.4 Å². The molecule has 0 aliphatic heterocycles. The zero-order valence-electron chi connectivity index (χ0n) is 13.9. The first-order valence-electron chi connectivity index (χ1n) is 7.94. The van der Waals surface area contributed by atoms with Crippen molar-refractivity contribution in [2.45, 2.75) is 12.1 Å². The second-order valence-corrected chi connectivity index (χ2v) is 6.62. The Labute approximate surface area is 153 Å². The highest BCUT2D eigenvalue weighted by Gasteiger charge is 2.15. The monoisotopic (exact) mass is 359 g/mol. The summed E-state index contributed by atoms with van der Waals surface area (Å²) >= 11 is 1.27. The second-order valence-electron chi connectivity index (χ2n) is 5.68. The molecule has 2 heterocycles. The summed E-state index contributed by atoms with van der Waals surface area (Å²) in [4.78, 5) is 21.6. The molecule has 0 N–H and O–H groups in total. The largest absolute Gasteiger partial charge is 0.300 e. The molecule has 0 saturated carbocycles. The molecular formula is C19H13N5OS. The lowest BCUT2D eigenvalue weighted by Crippen LogP contribution is -2.18. The van der Waals surface area contributed by atoms with Crippen molar-refractivity contribution in [2.75, 3.05) is 5.75 Å². The van der Waals surface area contributed by atoms with Gasteiger partial charge in [0.1, 0.15) is 0 Å². The van der Waals surface area contributed by atoms with Gasteiger partial charge in [-0.25, -0.2) is 4.98 Å². The van der Waals surface area contributed by atoms with Crippen LogP contribution >= 0.6 is 11.8 Å². The number of nitrogens with zero attached hydrogens (tertiary/aromatic N) is 5. The van der Waals surface area contributed by atoms with Gasteiger partial charge >= 0.3 is 0 Å². The van der Waals surface area contributed by atoms with Crippen LogP contribution in [0.25, 0.3) is 27.8 Å². The Bertz CT molecular complexity index is 1230. The van der Waals surface area contributed by atoms with Crippen molar-refractivity contribution in [1.29, 1.82) is 5.26 Å². The number of nitriles is 1. The Hall–Kier alpha value is -3.24. The van der Waals surface area contributed by atoms with Crippen molar-refractivity contribution in [1.82, 2.24) is 19.6 Å². The van der Waals surface area contributed by atoms with Gasteiger partial charge in [0, 0.05) is 10.9 Å². The van der Waals surface area contributed by atoms with Gasteiger partial charge in [-0.1, -0.05) is 54.2 Å². The molecule has 0 aliphatic carbocycles. The summed E-state index contributed by atoms with van der Waals surface area (Å²) < 4.78 is 1.56. The van der Waals surface area contributed by atoms with Gasteiger partial charge in [0.2, 0.25) is 0 Å². The van der Waals surface area contributed by atoms with E-state index < -0.39 is 0 Å². The van der Waals surface area contributed by atoms with E-state index >= 15 is 0 Å². The Morgan fingerprint density at radius 3 is 2.69 bits per heavy atom. The molecule has 0 radical (unpaired) electrons. The Morgan fingerprint density at radius 1 is 1.12 bits per heavy atom. The Balaban J connectivity index is 2.10. The molecule has 0 fully saturated rings. The molecule has 6 nitrogen and oxygen atoms in total. The normalized spacial score (nSPS) is 10.9. The summed E-state index contributed by atoms with van der Waals surface area (Å²) in [5.74, 6) is 0.230. The number of para-hydroxylation sites is 1. The van der Waals surface area contributed by atoms with Crippen molar-refractivity contribution in [3.05, 3.63) is 64.4 Å². The number of rotatable bonds is 3. The van der Waals surface area contributed by atoms with E-state index in [1.807, 2.05) is 55.5 Å². The first kappa shape index (κ1) is 16.2. The molecule has 0 saturated heterocycles. The van der Waals surface area contributed by atoms with E-state index in [0.717, 1.165) is 16.5 Å². The molecule has 0 atom stereocenters. The summed E-state index contributed by atoms with van der Waals surface area (Å²) in [6.07, 6.45) is 0. The maximum atomic E-state index is 12.6. The fourth-order valence-corrected chi connectivity index (χ4v) is 3.39. The SMILES string of the molecule is Cc1cccc2c1nc(SCC#N)n1nc(-c3ccccc3)c(=O)nc21. The standard InChI is InChI=1S/C19H13N5OS/c1-12-6-5-9-14-15(12)21-19(26-11-10-20)24-17(14)22-18(25)16(23-24)13-7-3-2-4-8-13/h2-9H,11H2,1H3. The van der Waals surface area contributed by atoms with Crippen molar-refractivity contribution in [2.24, 2.45) is 0 Å². The van der Waals surface area contributed by atoms with Gasteiger partial charge in [-0.15, -0.1) is 0 Å². The van der Waals surface area contributed by atoms with Gasteiger partial charge in [0.15, 0.2) is 16.5 Å². The molecule has 7 heteroatoms. The molecule has 4 rings (SSSR count). The highest BCUT2D eigenvalue weighted by molar-refractivity contribution is 7.99. The minimum atomic E-state index is -0.388.